The zero-order valence-electron chi connectivity index (χ0n) is 10.9. The van der Waals surface area contributed by atoms with Crippen LogP contribution in [0.3, 0.4) is 0 Å². The fraction of sp³-hybridized carbons (Fsp3) is 0.176. The molecule has 0 aliphatic carbocycles. The van der Waals surface area contributed by atoms with Crippen molar-refractivity contribution in [2.75, 3.05) is 6.61 Å². The minimum absolute atomic E-state index is 0.530. The molecule has 0 aliphatic heterocycles. The van der Waals surface area contributed by atoms with Crippen LogP contribution in [0, 0.1) is 0 Å². The number of allylic oxidation sites excluding steroid dienone is 1. The van der Waals surface area contributed by atoms with Crippen LogP contribution < -0.4 is 4.74 Å². The summed E-state index contributed by atoms with van der Waals surface area (Å²) >= 11 is 0. The van der Waals surface area contributed by atoms with Crippen LogP contribution in [0.5, 0.6) is 5.75 Å². The fourth-order valence-electron chi connectivity index (χ4n) is 1.99. The minimum atomic E-state index is 0.530. The van der Waals surface area contributed by atoms with Gasteiger partial charge >= 0.3 is 0 Å². The number of hydrogen-bond donors (Lipinski definition) is 0. The van der Waals surface area contributed by atoms with E-state index in [1.807, 2.05) is 6.07 Å². The lowest BCUT2D eigenvalue weighted by molar-refractivity contribution is 0.363. The first-order valence-electron chi connectivity index (χ1n) is 6.12. The van der Waals surface area contributed by atoms with Gasteiger partial charge in [0, 0.05) is 5.56 Å². The highest BCUT2D eigenvalue weighted by Crippen LogP contribution is 2.30. The molecule has 18 heavy (non-hydrogen) atoms. The molecule has 0 saturated carbocycles. The monoisotopic (exact) mass is 238 g/mol. The summed E-state index contributed by atoms with van der Waals surface area (Å²) in [7, 11) is 0. The van der Waals surface area contributed by atoms with E-state index in [1.165, 1.54) is 16.3 Å². The molecule has 0 unspecified atom stereocenters. The molecule has 0 fully saturated rings. The summed E-state index contributed by atoms with van der Waals surface area (Å²) in [5.41, 5.74) is 2.41. The number of fused-ring (bicyclic) bond motifs is 1. The Kier molecular flexibility index (Phi) is 3.83. The molecule has 0 atom stereocenters. The summed E-state index contributed by atoms with van der Waals surface area (Å²) < 4.78 is 5.73. The van der Waals surface area contributed by atoms with Crippen molar-refractivity contribution in [1.29, 1.82) is 0 Å². The molecule has 0 N–H and O–H groups in total. The van der Waals surface area contributed by atoms with E-state index in [0.29, 0.717) is 6.61 Å². The summed E-state index contributed by atoms with van der Waals surface area (Å²) in [6, 6.07) is 12.5. The average Bonchev–Trinajstić information content (AvgIpc) is 2.37. The van der Waals surface area contributed by atoms with E-state index in [1.54, 1.807) is 6.08 Å². The van der Waals surface area contributed by atoms with Crippen molar-refractivity contribution in [2.45, 2.75) is 13.8 Å². The molecule has 0 heterocycles. The van der Waals surface area contributed by atoms with E-state index in [0.717, 1.165) is 11.3 Å². The summed E-state index contributed by atoms with van der Waals surface area (Å²) in [6.45, 7) is 8.41. The van der Waals surface area contributed by atoms with Crippen molar-refractivity contribution in [1.82, 2.24) is 0 Å². The highest BCUT2D eigenvalue weighted by atomic mass is 16.5. The first kappa shape index (κ1) is 12.4. The van der Waals surface area contributed by atoms with Crippen molar-refractivity contribution in [2.24, 2.45) is 0 Å². The molecule has 2 aromatic carbocycles. The van der Waals surface area contributed by atoms with Crippen LogP contribution in [0.25, 0.3) is 16.8 Å². The Morgan fingerprint density at radius 3 is 2.67 bits per heavy atom. The normalized spacial score (nSPS) is 10.1. The minimum Gasteiger partial charge on any atom is -0.489 e. The standard InChI is InChI=1S/C17H18O/c1-4-11-18-17-10-9-14-7-5-6-8-15(14)16(17)12-13(2)3/h4-10,12H,1,11H2,2-3H3. The second-order valence-corrected chi connectivity index (χ2v) is 4.52. The number of benzene rings is 2. The first-order valence-corrected chi connectivity index (χ1v) is 6.12. The molecule has 0 spiro atoms. The molecule has 0 aromatic heterocycles. The predicted octanol–water partition coefficient (Wildman–Crippen LogP) is 4.83. The first-order chi connectivity index (χ1) is 8.72. The maximum Gasteiger partial charge on any atom is 0.127 e. The number of rotatable bonds is 4. The van der Waals surface area contributed by atoms with Crippen LogP contribution in [0.15, 0.2) is 54.6 Å². The van der Waals surface area contributed by atoms with Crippen molar-refractivity contribution in [3.8, 4) is 5.75 Å². The van der Waals surface area contributed by atoms with Crippen molar-refractivity contribution < 1.29 is 4.74 Å². The smallest absolute Gasteiger partial charge is 0.127 e. The number of hydrogen-bond acceptors (Lipinski definition) is 1. The Morgan fingerprint density at radius 1 is 1.17 bits per heavy atom. The Labute approximate surface area is 108 Å². The molecule has 2 rings (SSSR count). The SMILES string of the molecule is C=CCOc1ccc2ccccc2c1C=C(C)C. The largest absolute Gasteiger partial charge is 0.489 e. The zero-order chi connectivity index (χ0) is 13.0. The van der Waals surface area contributed by atoms with Crippen LogP contribution in [0.1, 0.15) is 19.4 Å². The molecular formula is C17H18O. The third kappa shape index (κ3) is 2.62. The Hall–Kier alpha value is -2.02. The van der Waals surface area contributed by atoms with Gasteiger partial charge in [-0.15, -0.1) is 0 Å². The van der Waals surface area contributed by atoms with Gasteiger partial charge in [0.1, 0.15) is 12.4 Å². The predicted molar refractivity (Wildman–Crippen MR) is 79.0 cm³/mol. The van der Waals surface area contributed by atoms with Gasteiger partial charge in [-0.2, -0.15) is 0 Å². The molecule has 1 heteroatoms. The Balaban J connectivity index is 2.62. The van der Waals surface area contributed by atoms with Crippen molar-refractivity contribution >= 4 is 16.8 Å². The van der Waals surface area contributed by atoms with Gasteiger partial charge in [0.25, 0.3) is 0 Å². The maximum atomic E-state index is 5.73. The van der Waals surface area contributed by atoms with E-state index >= 15 is 0 Å². The zero-order valence-corrected chi connectivity index (χ0v) is 10.9. The highest BCUT2D eigenvalue weighted by Gasteiger charge is 2.06. The number of ether oxygens (including phenoxy) is 1. The van der Waals surface area contributed by atoms with Gasteiger partial charge in [-0.05, 0) is 30.7 Å². The lowest BCUT2D eigenvalue weighted by atomic mass is 10.0. The van der Waals surface area contributed by atoms with Gasteiger partial charge in [-0.3, -0.25) is 0 Å². The average molecular weight is 238 g/mol. The van der Waals surface area contributed by atoms with Crippen LogP contribution in [0.2, 0.25) is 0 Å². The van der Waals surface area contributed by atoms with Crippen molar-refractivity contribution in [3.05, 3.63) is 60.2 Å². The highest BCUT2D eigenvalue weighted by molar-refractivity contribution is 5.93. The molecular weight excluding hydrogens is 220 g/mol. The van der Waals surface area contributed by atoms with Gasteiger partial charge in [-0.1, -0.05) is 54.6 Å². The van der Waals surface area contributed by atoms with Gasteiger partial charge in [0.2, 0.25) is 0 Å². The molecule has 0 aliphatic rings. The molecule has 0 radical (unpaired) electrons. The summed E-state index contributed by atoms with van der Waals surface area (Å²) in [5.74, 6) is 0.912. The topological polar surface area (TPSA) is 9.23 Å². The van der Waals surface area contributed by atoms with Gasteiger partial charge < -0.3 is 4.74 Å². The summed E-state index contributed by atoms with van der Waals surface area (Å²) in [5, 5.41) is 2.45. The fourth-order valence-corrected chi connectivity index (χ4v) is 1.99. The van der Waals surface area contributed by atoms with E-state index in [-0.39, 0.29) is 0 Å². The van der Waals surface area contributed by atoms with Crippen LogP contribution in [-0.2, 0) is 0 Å². The Morgan fingerprint density at radius 2 is 1.94 bits per heavy atom. The third-order valence-corrected chi connectivity index (χ3v) is 2.72. The van der Waals surface area contributed by atoms with E-state index in [2.05, 4.69) is 56.8 Å². The molecule has 92 valence electrons. The lowest BCUT2D eigenvalue weighted by Crippen LogP contribution is -1.95. The van der Waals surface area contributed by atoms with Crippen LogP contribution in [0.4, 0.5) is 0 Å². The molecule has 0 saturated heterocycles. The lowest BCUT2D eigenvalue weighted by Gasteiger charge is -2.11. The molecule has 0 amide bonds. The molecule has 0 bridgehead atoms. The van der Waals surface area contributed by atoms with E-state index < -0.39 is 0 Å². The molecule has 2 aromatic rings. The van der Waals surface area contributed by atoms with Gasteiger partial charge in [0.15, 0.2) is 0 Å². The molecule has 1 nitrogen and oxygen atoms in total. The van der Waals surface area contributed by atoms with Gasteiger partial charge in [-0.25, -0.2) is 0 Å². The van der Waals surface area contributed by atoms with Gasteiger partial charge in [0.05, 0.1) is 0 Å². The van der Waals surface area contributed by atoms with E-state index in [9.17, 15) is 0 Å². The summed E-state index contributed by atoms with van der Waals surface area (Å²) in [6.07, 6.45) is 3.93. The van der Waals surface area contributed by atoms with Crippen molar-refractivity contribution in [3.63, 3.8) is 0 Å². The van der Waals surface area contributed by atoms with Crippen LogP contribution in [-0.4, -0.2) is 6.61 Å². The Bertz CT molecular complexity index is 590. The van der Waals surface area contributed by atoms with E-state index in [4.69, 9.17) is 4.74 Å². The second-order valence-electron chi connectivity index (χ2n) is 4.52. The second kappa shape index (κ2) is 5.54. The third-order valence-electron chi connectivity index (χ3n) is 2.72. The maximum absolute atomic E-state index is 5.73. The quantitative estimate of drug-likeness (QED) is 0.693. The summed E-state index contributed by atoms with van der Waals surface area (Å²) in [4.78, 5) is 0. The van der Waals surface area contributed by atoms with Crippen LogP contribution >= 0.6 is 0 Å².